The van der Waals surface area contributed by atoms with Crippen LogP contribution >= 0.6 is 0 Å². The Morgan fingerprint density at radius 2 is 2.00 bits per heavy atom. The summed E-state index contributed by atoms with van der Waals surface area (Å²) < 4.78 is 12.5. The van der Waals surface area contributed by atoms with E-state index in [1.54, 1.807) is 0 Å². The zero-order valence-electron chi connectivity index (χ0n) is 6.89. The highest BCUT2D eigenvalue weighted by atomic mass is 19.1. The lowest BCUT2D eigenvalue weighted by Gasteiger charge is -2.12. The van der Waals surface area contributed by atoms with E-state index in [1.165, 1.54) is 0 Å². The normalized spacial score (nSPS) is 19.2. The summed E-state index contributed by atoms with van der Waals surface area (Å²) in [6.07, 6.45) is 1.98. The van der Waals surface area contributed by atoms with Gasteiger partial charge in [-0.05, 0) is 24.0 Å². The first-order valence-corrected chi connectivity index (χ1v) is 4.19. The quantitative estimate of drug-likeness (QED) is 0.713. The highest BCUT2D eigenvalue weighted by molar-refractivity contribution is 5.36. The van der Waals surface area contributed by atoms with Crippen molar-refractivity contribution in [3.63, 3.8) is 0 Å². The van der Waals surface area contributed by atoms with Crippen molar-refractivity contribution < 1.29 is 4.39 Å². The molecule has 64 valence electrons. The molecule has 12 heavy (non-hydrogen) atoms. The lowest BCUT2D eigenvalue weighted by Crippen LogP contribution is -2.20. The van der Waals surface area contributed by atoms with Crippen molar-refractivity contribution in [2.45, 2.75) is 25.1 Å². The molecule has 0 heterocycles. The molecule has 0 amide bonds. The highest BCUT2D eigenvalue weighted by Crippen LogP contribution is 2.44. The highest BCUT2D eigenvalue weighted by Gasteiger charge is 2.41. The SMILES string of the molecule is NC1(c2ccccc2CF)CC1. The van der Waals surface area contributed by atoms with Crippen molar-refractivity contribution in [3.8, 4) is 0 Å². The topological polar surface area (TPSA) is 26.0 Å². The Balaban J connectivity index is 2.42. The predicted octanol–water partition coefficient (Wildman–Crippen LogP) is 2.10. The third kappa shape index (κ3) is 1.12. The fourth-order valence-corrected chi connectivity index (χ4v) is 1.53. The largest absolute Gasteiger partial charge is 0.321 e. The van der Waals surface area contributed by atoms with E-state index >= 15 is 0 Å². The van der Waals surface area contributed by atoms with Gasteiger partial charge in [0.25, 0.3) is 0 Å². The van der Waals surface area contributed by atoms with Crippen molar-refractivity contribution >= 4 is 0 Å². The van der Waals surface area contributed by atoms with E-state index < -0.39 is 6.67 Å². The minimum atomic E-state index is -0.408. The fourth-order valence-electron chi connectivity index (χ4n) is 1.53. The Hall–Kier alpha value is -0.890. The Bertz CT molecular complexity index is 292. The van der Waals surface area contributed by atoms with Gasteiger partial charge in [0.15, 0.2) is 0 Å². The number of hydrogen-bond acceptors (Lipinski definition) is 1. The molecule has 0 saturated heterocycles. The molecule has 0 bridgehead atoms. The van der Waals surface area contributed by atoms with Crippen molar-refractivity contribution in [1.82, 2.24) is 0 Å². The maximum atomic E-state index is 12.5. The van der Waals surface area contributed by atoms with Crippen LogP contribution in [0.1, 0.15) is 24.0 Å². The molecule has 0 unspecified atom stereocenters. The average molecular weight is 165 g/mol. The molecule has 0 radical (unpaired) electrons. The maximum absolute atomic E-state index is 12.5. The number of hydrogen-bond donors (Lipinski definition) is 1. The van der Waals surface area contributed by atoms with Crippen LogP contribution in [-0.4, -0.2) is 0 Å². The van der Waals surface area contributed by atoms with Crippen LogP contribution in [-0.2, 0) is 12.2 Å². The molecule has 2 heteroatoms. The number of alkyl halides is 1. The van der Waals surface area contributed by atoms with Gasteiger partial charge in [0.2, 0.25) is 0 Å². The number of benzene rings is 1. The standard InChI is InChI=1S/C10H12FN/c11-7-8-3-1-2-4-9(8)10(12)5-6-10/h1-4H,5-7,12H2. The van der Waals surface area contributed by atoms with Gasteiger partial charge in [-0.3, -0.25) is 0 Å². The molecule has 0 aromatic heterocycles. The number of nitrogens with two attached hydrogens (primary N) is 1. The molecule has 1 aromatic carbocycles. The first-order chi connectivity index (χ1) is 5.76. The minimum absolute atomic E-state index is 0.206. The average Bonchev–Trinajstić information content (AvgIpc) is 2.85. The van der Waals surface area contributed by atoms with Gasteiger partial charge in [0.05, 0.1) is 0 Å². The lowest BCUT2D eigenvalue weighted by molar-refractivity contribution is 0.478. The molecule has 1 saturated carbocycles. The number of halogens is 1. The monoisotopic (exact) mass is 165 g/mol. The minimum Gasteiger partial charge on any atom is -0.321 e. The molecule has 1 aliphatic rings. The van der Waals surface area contributed by atoms with Crippen molar-refractivity contribution in [2.75, 3.05) is 0 Å². The second-order valence-corrected chi connectivity index (χ2v) is 3.45. The van der Waals surface area contributed by atoms with E-state index in [2.05, 4.69) is 0 Å². The smallest absolute Gasteiger partial charge is 0.115 e. The van der Waals surface area contributed by atoms with E-state index in [0.717, 1.165) is 24.0 Å². The summed E-state index contributed by atoms with van der Waals surface area (Å²) in [4.78, 5) is 0. The van der Waals surface area contributed by atoms with Crippen LogP contribution in [0.4, 0.5) is 4.39 Å². The summed E-state index contributed by atoms with van der Waals surface area (Å²) in [5, 5.41) is 0. The van der Waals surface area contributed by atoms with E-state index in [0.29, 0.717) is 0 Å². The van der Waals surface area contributed by atoms with Gasteiger partial charge in [0, 0.05) is 5.54 Å². The van der Waals surface area contributed by atoms with Crippen molar-refractivity contribution in [1.29, 1.82) is 0 Å². The third-order valence-electron chi connectivity index (χ3n) is 2.49. The lowest BCUT2D eigenvalue weighted by atomic mass is 10.00. The van der Waals surface area contributed by atoms with E-state index in [4.69, 9.17) is 5.73 Å². The van der Waals surface area contributed by atoms with Gasteiger partial charge in [-0.2, -0.15) is 0 Å². The molecule has 2 rings (SSSR count). The molecule has 1 nitrogen and oxygen atoms in total. The summed E-state index contributed by atoms with van der Waals surface area (Å²) in [6.45, 7) is -0.408. The predicted molar refractivity (Wildman–Crippen MR) is 46.4 cm³/mol. The second kappa shape index (κ2) is 2.56. The van der Waals surface area contributed by atoms with Crippen molar-refractivity contribution in [2.24, 2.45) is 5.73 Å². The zero-order chi connectivity index (χ0) is 8.60. The zero-order valence-corrected chi connectivity index (χ0v) is 6.89. The molecule has 1 aliphatic carbocycles. The van der Waals surface area contributed by atoms with E-state index in [1.807, 2.05) is 24.3 Å². The maximum Gasteiger partial charge on any atom is 0.115 e. The Labute approximate surface area is 71.4 Å². The van der Waals surface area contributed by atoms with Crippen LogP contribution in [0.25, 0.3) is 0 Å². The van der Waals surface area contributed by atoms with Crippen LogP contribution in [0.15, 0.2) is 24.3 Å². The second-order valence-electron chi connectivity index (χ2n) is 3.45. The molecule has 0 aliphatic heterocycles. The number of rotatable bonds is 2. The summed E-state index contributed by atoms with van der Waals surface area (Å²) in [7, 11) is 0. The van der Waals surface area contributed by atoms with Crippen LogP contribution in [0.2, 0.25) is 0 Å². The van der Waals surface area contributed by atoms with Gasteiger partial charge in [-0.15, -0.1) is 0 Å². The molecule has 2 N–H and O–H groups in total. The Morgan fingerprint density at radius 1 is 1.33 bits per heavy atom. The summed E-state index contributed by atoms with van der Waals surface area (Å²) in [5.74, 6) is 0. The van der Waals surface area contributed by atoms with E-state index in [-0.39, 0.29) is 5.54 Å². The fraction of sp³-hybridized carbons (Fsp3) is 0.400. The molecule has 0 spiro atoms. The van der Waals surface area contributed by atoms with Crippen LogP contribution in [0.5, 0.6) is 0 Å². The van der Waals surface area contributed by atoms with Gasteiger partial charge < -0.3 is 5.73 Å². The molecular formula is C10H12FN. The molecule has 0 atom stereocenters. The van der Waals surface area contributed by atoms with E-state index in [9.17, 15) is 4.39 Å². The van der Waals surface area contributed by atoms with Gasteiger partial charge >= 0.3 is 0 Å². The summed E-state index contributed by atoms with van der Waals surface area (Å²) >= 11 is 0. The van der Waals surface area contributed by atoms with Crippen LogP contribution in [0.3, 0.4) is 0 Å². The van der Waals surface area contributed by atoms with Gasteiger partial charge in [0.1, 0.15) is 6.67 Å². The first kappa shape index (κ1) is 7.74. The summed E-state index contributed by atoms with van der Waals surface area (Å²) in [6, 6.07) is 7.51. The molecule has 1 aromatic rings. The third-order valence-corrected chi connectivity index (χ3v) is 2.49. The van der Waals surface area contributed by atoms with Gasteiger partial charge in [-0.25, -0.2) is 4.39 Å². The first-order valence-electron chi connectivity index (χ1n) is 4.19. The molecular weight excluding hydrogens is 153 g/mol. The van der Waals surface area contributed by atoms with Crippen LogP contribution < -0.4 is 5.73 Å². The van der Waals surface area contributed by atoms with Gasteiger partial charge in [-0.1, -0.05) is 24.3 Å². The van der Waals surface area contributed by atoms with Crippen LogP contribution in [0, 0.1) is 0 Å². The Morgan fingerprint density at radius 3 is 2.58 bits per heavy atom. The van der Waals surface area contributed by atoms with Crippen molar-refractivity contribution in [3.05, 3.63) is 35.4 Å². The summed E-state index contributed by atoms with van der Waals surface area (Å²) in [5.41, 5.74) is 7.51. The Kier molecular flexibility index (Phi) is 1.65. The molecule has 1 fully saturated rings.